The molecule has 0 aromatic carbocycles. The molecule has 0 radical (unpaired) electrons. The van der Waals surface area contributed by atoms with E-state index in [0.29, 0.717) is 22.6 Å². The van der Waals surface area contributed by atoms with Gasteiger partial charge >= 0.3 is 0 Å². The Labute approximate surface area is 131 Å². The lowest BCUT2D eigenvalue weighted by Gasteiger charge is -2.36. The predicted molar refractivity (Wildman–Crippen MR) is 87.0 cm³/mol. The summed E-state index contributed by atoms with van der Waals surface area (Å²) in [5, 5.41) is 3.48. The molecule has 1 unspecified atom stereocenters. The highest BCUT2D eigenvalue weighted by atomic mass is 35.5. The van der Waals surface area contributed by atoms with Crippen molar-refractivity contribution in [3.63, 3.8) is 0 Å². The molecule has 1 aliphatic rings. The smallest absolute Gasteiger partial charge is 0.254 e. The van der Waals surface area contributed by atoms with E-state index < -0.39 is 0 Å². The van der Waals surface area contributed by atoms with E-state index in [9.17, 15) is 4.79 Å². The van der Waals surface area contributed by atoms with Gasteiger partial charge in [0, 0.05) is 24.7 Å². The number of anilines is 1. The Hall–Kier alpha value is -1.29. The van der Waals surface area contributed by atoms with Gasteiger partial charge in [-0.25, -0.2) is 4.98 Å². The van der Waals surface area contributed by atoms with Crippen molar-refractivity contribution in [1.29, 1.82) is 0 Å². The van der Waals surface area contributed by atoms with E-state index in [1.165, 1.54) is 6.42 Å². The first-order valence-electron chi connectivity index (χ1n) is 7.88. The van der Waals surface area contributed by atoms with Crippen LogP contribution in [0.1, 0.15) is 56.3 Å². The highest BCUT2D eigenvalue weighted by Crippen LogP contribution is 2.24. The molecule has 1 fully saturated rings. The molecule has 116 valence electrons. The van der Waals surface area contributed by atoms with E-state index in [1.807, 2.05) is 11.8 Å². The number of aromatic nitrogens is 1. The molecule has 0 saturated carbocycles. The van der Waals surface area contributed by atoms with Crippen LogP contribution in [0, 0.1) is 0 Å². The second-order valence-corrected chi connectivity index (χ2v) is 5.92. The predicted octanol–water partition coefficient (Wildman–Crippen LogP) is 3.96. The Morgan fingerprint density at radius 1 is 1.43 bits per heavy atom. The molecule has 4 nitrogen and oxygen atoms in total. The number of halogens is 1. The zero-order valence-corrected chi connectivity index (χ0v) is 13.6. The zero-order valence-electron chi connectivity index (χ0n) is 12.9. The summed E-state index contributed by atoms with van der Waals surface area (Å²) in [6, 6.07) is 3.84. The topological polar surface area (TPSA) is 45.2 Å². The van der Waals surface area contributed by atoms with Crippen LogP contribution in [0.25, 0.3) is 0 Å². The minimum atomic E-state index is 0.0802. The first kappa shape index (κ1) is 16.1. The molecule has 1 aromatic rings. The summed E-state index contributed by atoms with van der Waals surface area (Å²) >= 11 is 6.04. The van der Waals surface area contributed by atoms with E-state index in [1.54, 1.807) is 12.1 Å². The molecule has 5 heteroatoms. The largest absolute Gasteiger partial charge is 0.370 e. The first-order chi connectivity index (χ1) is 10.2. The molecule has 1 amide bonds. The number of nitrogens with zero attached hydrogens (tertiary/aromatic N) is 2. The third-order valence-corrected chi connectivity index (χ3v) is 4.10. The van der Waals surface area contributed by atoms with Crippen LogP contribution in [0.15, 0.2) is 12.1 Å². The third kappa shape index (κ3) is 4.10. The highest BCUT2D eigenvalue weighted by Gasteiger charge is 2.27. The van der Waals surface area contributed by atoms with Crippen molar-refractivity contribution >= 4 is 23.3 Å². The normalized spacial score (nSPS) is 18.6. The second kappa shape index (κ2) is 7.64. The number of pyridine rings is 1. The van der Waals surface area contributed by atoms with Crippen LogP contribution in [0.4, 0.5) is 5.82 Å². The van der Waals surface area contributed by atoms with Crippen molar-refractivity contribution in [2.45, 2.75) is 52.0 Å². The maximum Gasteiger partial charge on any atom is 0.254 e. The average molecular weight is 310 g/mol. The van der Waals surface area contributed by atoms with E-state index >= 15 is 0 Å². The molecule has 1 saturated heterocycles. The van der Waals surface area contributed by atoms with Crippen LogP contribution < -0.4 is 5.32 Å². The van der Waals surface area contributed by atoms with Crippen LogP contribution in [0.3, 0.4) is 0 Å². The minimum Gasteiger partial charge on any atom is -0.370 e. The quantitative estimate of drug-likeness (QED) is 0.837. The zero-order chi connectivity index (χ0) is 15.2. The molecule has 21 heavy (non-hydrogen) atoms. The molecule has 0 aliphatic carbocycles. The van der Waals surface area contributed by atoms with Gasteiger partial charge in [-0.05, 0) is 44.7 Å². The summed E-state index contributed by atoms with van der Waals surface area (Å²) in [6.07, 6.45) is 5.59. The maximum absolute atomic E-state index is 12.8. The molecule has 1 atom stereocenters. The van der Waals surface area contributed by atoms with Crippen LogP contribution >= 0.6 is 11.6 Å². The SMILES string of the molecule is CCCC1CCCCN1C(=O)c1cc(Cl)nc(NCC)c1. The number of hydrogen-bond donors (Lipinski definition) is 1. The highest BCUT2D eigenvalue weighted by molar-refractivity contribution is 6.29. The molecule has 1 aliphatic heterocycles. The monoisotopic (exact) mass is 309 g/mol. The summed E-state index contributed by atoms with van der Waals surface area (Å²) < 4.78 is 0. The Morgan fingerprint density at radius 3 is 2.95 bits per heavy atom. The van der Waals surface area contributed by atoms with E-state index in [0.717, 1.165) is 38.8 Å². The third-order valence-electron chi connectivity index (χ3n) is 3.91. The van der Waals surface area contributed by atoms with Gasteiger partial charge in [-0.1, -0.05) is 24.9 Å². The van der Waals surface area contributed by atoms with Gasteiger partial charge in [0.1, 0.15) is 11.0 Å². The lowest BCUT2D eigenvalue weighted by Crippen LogP contribution is -2.43. The maximum atomic E-state index is 12.8. The Morgan fingerprint density at radius 2 is 2.24 bits per heavy atom. The van der Waals surface area contributed by atoms with Crippen molar-refractivity contribution in [3.05, 3.63) is 22.8 Å². The van der Waals surface area contributed by atoms with Gasteiger partial charge in [0.25, 0.3) is 5.91 Å². The standard InChI is InChI=1S/C16H24ClN3O/c1-3-7-13-8-5-6-9-20(13)16(21)12-10-14(17)19-15(11-12)18-4-2/h10-11,13H,3-9H2,1-2H3,(H,18,19). The molecule has 1 N–H and O–H groups in total. The van der Waals surface area contributed by atoms with Gasteiger partial charge in [0.05, 0.1) is 0 Å². The summed E-state index contributed by atoms with van der Waals surface area (Å²) in [5.41, 5.74) is 0.633. The first-order valence-corrected chi connectivity index (χ1v) is 8.26. The van der Waals surface area contributed by atoms with Crippen molar-refractivity contribution in [3.8, 4) is 0 Å². The molecular formula is C16H24ClN3O. The Balaban J connectivity index is 2.21. The Bertz CT molecular complexity index is 490. The van der Waals surface area contributed by atoms with Crippen molar-refractivity contribution in [2.24, 2.45) is 0 Å². The number of piperidine rings is 1. The van der Waals surface area contributed by atoms with Crippen LogP contribution in [-0.4, -0.2) is 34.9 Å². The summed E-state index contributed by atoms with van der Waals surface area (Å²) in [6.45, 7) is 5.76. The number of carbonyl (C=O) groups excluding carboxylic acids is 1. The average Bonchev–Trinajstić information content (AvgIpc) is 2.47. The van der Waals surface area contributed by atoms with Gasteiger partial charge < -0.3 is 10.2 Å². The number of hydrogen-bond acceptors (Lipinski definition) is 3. The van der Waals surface area contributed by atoms with E-state index in [-0.39, 0.29) is 5.91 Å². The van der Waals surface area contributed by atoms with E-state index in [2.05, 4.69) is 17.2 Å². The fraction of sp³-hybridized carbons (Fsp3) is 0.625. The number of rotatable bonds is 5. The van der Waals surface area contributed by atoms with Crippen LogP contribution in [0.2, 0.25) is 5.15 Å². The minimum absolute atomic E-state index is 0.0802. The second-order valence-electron chi connectivity index (χ2n) is 5.53. The molecule has 1 aromatic heterocycles. The Kier molecular flexibility index (Phi) is 5.85. The van der Waals surface area contributed by atoms with E-state index in [4.69, 9.17) is 11.6 Å². The molecule has 2 heterocycles. The van der Waals surface area contributed by atoms with Gasteiger partial charge in [-0.15, -0.1) is 0 Å². The van der Waals surface area contributed by atoms with Crippen molar-refractivity contribution in [1.82, 2.24) is 9.88 Å². The number of likely N-dealkylation sites (tertiary alicyclic amines) is 1. The molecule has 0 spiro atoms. The molecule has 2 rings (SSSR count). The van der Waals surface area contributed by atoms with Crippen LogP contribution in [0.5, 0.6) is 0 Å². The summed E-state index contributed by atoms with van der Waals surface area (Å²) in [4.78, 5) is 19.0. The lowest BCUT2D eigenvalue weighted by atomic mass is 9.97. The number of carbonyl (C=O) groups is 1. The van der Waals surface area contributed by atoms with Crippen LogP contribution in [-0.2, 0) is 0 Å². The fourth-order valence-corrected chi connectivity index (χ4v) is 3.17. The number of nitrogens with one attached hydrogen (secondary N) is 1. The molecule has 0 bridgehead atoms. The van der Waals surface area contributed by atoms with Gasteiger partial charge in [0.2, 0.25) is 0 Å². The van der Waals surface area contributed by atoms with Gasteiger partial charge in [-0.2, -0.15) is 0 Å². The number of amides is 1. The van der Waals surface area contributed by atoms with Gasteiger partial charge in [0.15, 0.2) is 0 Å². The van der Waals surface area contributed by atoms with Gasteiger partial charge in [-0.3, -0.25) is 4.79 Å². The summed E-state index contributed by atoms with van der Waals surface area (Å²) in [5.74, 6) is 0.744. The van der Waals surface area contributed by atoms with Crippen molar-refractivity contribution in [2.75, 3.05) is 18.4 Å². The fourth-order valence-electron chi connectivity index (χ4n) is 2.96. The lowest BCUT2D eigenvalue weighted by molar-refractivity contribution is 0.0600. The van der Waals surface area contributed by atoms with Crippen molar-refractivity contribution < 1.29 is 4.79 Å². The molecular weight excluding hydrogens is 286 g/mol. The summed E-state index contributed by atoms with van der Waals surface area (Å²) in [7, 11) is 0.